The molecule has 0 saturated carbocycles. The molecule has 2 saturated heterocycles. The number of nitrogens with zero attached hydrogens (tertiary/aromatic N) is 1. The number of piperidine rings is 1. The average Bonchev–Trinajstić information content (AvgIpc) is 2.97. The molecule has 1 unspecified atom stereocenters. The third kappa shape index (κ3) is 4.82. The Labute approximate surface area is 195 Å². The van der Waals surface area contributed by atoms with Crippen molar-refractivity contribution in [3.05, 3.63) is 35.4 Å². The van der Waals surface area contributed by atoms with Crippen LogP contribution in [0.25, 0.3) is 0 Å². The van der Waals surface area contributed by atoms with Gasteiger partial charge in [-0.05, 0) is 68.2 Å². The number of fused-ring (bicyclic) bond motifs is 2. The van der Waals surface area contributed by atoms with Crippen molar-refractivity contribution in [3.8, 4) is 0 Å². The Balaban J connectivity index is 1.50. The summed E-state index contributed by atoms with van der Waals surface area (Å²) in [5.41, 5.74) is 2.51. The van der Waals surface area contributed by atoms with Crippen LogP contribution in [0.2, 0.25) is 0 Å². The third-order valence-corrected chi connectivity index (χ3v) is 8.53. The van der Waals surface area contributed by atoms with Gasteiger partial charge in [-0.2, -0.15) is 0 Å². The van der Waals surface area contributed by atoms with Gasteiger partial charge in [0.25, 0.3) is 0 Å². The molecule has 0 bridgehead atoms. The van der Waals surface area contributed by atoms with Gasteiger partial charge in [0.05, 0.1) is 11.4 Å². The van der Waals surface area contributed by atoms with Crippen LogP contribution in [-0.4, -0.2) is 45.8 Å². The molecule has 1 aliphatic carbocycles. The van der Waals surface area contributed by atoms with E-state index in [1.54, 1.807) is 16.7 Å². The van der Waals surface area contributed by atoms with Crippen LogP contribution in [0.15, 0.2) is 24.3 Å². The van der Waals surface area contributed by atoms with Crippen molar-refractivity contribution in [3.63, 3.8) is 0 Å². The van der Waals surface area contributed by atoms with E-state index >= 15 is 0 Å². The van der Waals surface area contributed by atoms with Gasteiger partial charge in [0.15, 0.2) is 0 Å². The van der Waals surface area contributed by atoms with E-state index in [-0.39, 0.29) is 35.1 Å². The highest BCUT2D eigenvalue weighted by Crippen LogP contribution is 2.35. The van der Waals surface area contributed by atoms with Gasteiger partial charge in [-0.15, -0.1) is 11.8 Å². The number of aryl methyl sites for hydroxylation is 1. The van der Waals surface area contributed by atoms with Crippen molar-refractivity contribution in [2.45, 2.75) is 88.7 Å². The monoisotopic (exact) mass is 457 g/mol. The van der Waals surface area contributed by atoms with Crippen LogP contribution in [0, 0.1) is 5.92 Å². The molecule has 0 aromatic heterocycles. The summed E-state index contributed by atoms with van der Waals surface area (Å²) >= 11 is 1.75. The zero-order chi connectivity index (χ0) is 22.7. The number of rotatable bonds is 5. The summed E-state index contributed by atoms with van der Waals surface area (Å²) in [7, 11) is 0. The second-order valence-electron chi connectivity index (χ2n) is 9.33. The quantitative estimate of drug-likeness (QED) is 0.709. The van der Waals surface area contributed by atoms with E-state index in [2.05, 4.69) is 28.8 Å². The number of benzene rings is 1. The average molecular weight is 458 g/mol. The molecule has 7 heteroatoms. The Morgan fingerprint density at radius 3 is 2.72 bits per heavy atom. The second-order valence-corrected chi connectivity index (χ2v) is 10.6. The Kier molecular flexibility index (Phi) is 7.44. The first-order valence-corrected chi connectivity index (χ1v) is 13.2. The lowest BCUT2D eigenvalue weighted by Crippen LogP contribution is -2.59. The van der Waals surface area contributed by atoms with Gasteiger partial charge < -0.3 is 15.5 Å². The number of thioether (sulfide) groups is 1. The Bertz CT molecular complexity index is 861. The van der Waals surface area contributed by atoms with Crippen LogP contribution in [0.4, 0.5) is 0 Å². The number of carbonyl (C=O) groups excluding carboxylic acids is 3. The molecule has 1 aromatic rings. The van der Waals surface area contributed by atoms with E-state index in [1.807, 2.05) is 19.9 Å². The van der Waals surface area contributed by atoms with Crippen molar-refractivity contribution in [2.24, 2.45) is 5.92 Å². The van der Waals surface area contributed by atoms with Gasteiger partial charge in [0.2, 0.25) is 17.7 Å². The molecule has 0 radical (unpaired) electrons. The van der Waals surface area contributed by atoms with Crippen molar-refractivity contribution < 1.29 is 14.4 Å². The molecular weight excluding hydrogens is 422 g/mol. The number of amides is 3. The lowest BCUT2D eigenvalue weighted by Gasteiger charge is -2.41. The molecule has 2 aliphatic heterocycles. The van der Waals surface area contributed by atoms with E-state index in [1.165, 1.54) is 11.1 Å². The number of nitrogens with one attached hydrogen (secondary N) is 2. The highest BCUT2D eigenvalue weighted by atomic mass is 32.2. The van der Waals surface area contributed by atoms with Crippen LogP contribution in [0.5, 0.6) is 0 Å². The first kappa shape index (κ1) is 23.1. The molecule has 0 spiro atoms. The van der Waals surface area contributed by atoms with Gasteiger partial charge in [-0.1, -0.05) is 38.1 Å². The Hall–Kier alpha value is -2.02. The molecular formula is C25H35N3O3S. The highest BCUT2D eigenvalue weighted by Gasteiger charge is 2.43. The largest absolute Gasteiger partial charge is 0.347 e. The SMILES string of the molecule is CC[C@@H](C)C(=O)N[C@H]1CCS[C@H]2CCC[C@@H](C(=O)NC3CCCc4ccccc43)N2C1=O. The van der Waals surface area contributed by atoms with E-state index in [0.29, 0.717) is 12.8 Å². The standard InChI is InChI=1S/C25H35N3O3S/c1-3-16(2)23(29)27-20-14-15-32-22-13-7-12-21(28(22)25(20)31)24(30)26-19-11-6-9-17-8-4-5-10-18(17)19/h4-5,8,10,16,19-22H,3,6-7,9,11-15H2,1-2H3,(H,26,30)(H,27,29)/t16-,19?,20+,21+,22+/m1/s1. The van der Waals surface area contributed by atoms with Gasteiger partial charge in [-0.25, -0.2) is 0 Å². The highest BCUT2D eigenvalue weighted by molar-refractivity contribution is 7.99. The molecule has 4 rings (SSSR count). The third-order valence-electron chi connectivity index (χ3n) is 7.21. The van der Waals surface area contributed by atoms with E-state index < -0.39 is 12.1 Å². The fourth-order valence-corrected chi connectivity index (χ4v) is 6.50. The molecule has 2 N–H and O–H groups in total. The van der Waals surface area contributed by atoms with Crippen LogP contribution >= 0.6 is 11.8 Å². The predicted octanol–water partition coefficient (Wildman–Crippen LogP) is 3.56. The minimum absolute atomic E-state index is 0.00321. The first-order valence-electron chi connectivity index (χ1n) is 12.1. The molecule has 3 amide bonds. The van der Waals surface area contributed by atoms with E-state index in [9.17, 15) is 14.4 Å². The number of hydrogen-bond acceptors (Lipinski definition) is 4. The van der Waals surface area contributed by atoms with E-state index in [0.717, 1.165) is 44.3 Å². The van der Waals surface area contributed by atoms with Crippen LogP contribution in [-0.2, 0) is 20.8 Å². The maximum atomic E-state index is 13.5. The minimum Gasteiger partial charge on any atom is -0.347 e. The Morgan fingerprint density at radius 2 is 1.91 bits per heavy atom. The molecule has 1 aromatic carbocycles. The van der Waals surface area contributed by atoms with E-state index in [4.69, 9.17) is 0 Å². The van der Waals surface area contributed by atoms with Crippen molar-refractivity contribution in [1.82, 2.24) is 15.5 Å². The number of carbonyl (C=O) groups is 3. The fourth-order valence-electron chi connectivity index (χ4n) is 5.11. The predicted molar refractivity (Wildman–Crippen MR) is 127 cm³/mol. The summed E-state index contributed by atoms with van der Waals surface area (Å²) in [5.74, 6) is 0.454. The van der Waals surface area contributed by atoms with Gasteiger partial charge in [-0.3, -0.25) is 14.4 Å². The normalized spacial score (nSPS) is 28.7. The van der Waals surface area contributed by atoms with Crippen molar-refractivity contribution in [2.75, 3.05) is 5.75 Å². The molecule has 32 heavy (non-hydrogen) atoms. The van der Waals surface area contributed by atoms with Crippen LogP contribution in [0.1, 0.15) is 76.0 Å². The van der Waals surface area contributed by atoms with Gasteiger partial charge >= 0.3 is 0 Å². The lowest BCUT2D eigenvalue weighted by atomic mass is 9.87. The molecule has 5 atom stereocenters. The summed E-state index contributed by atoms with van der Waals surface area (Å²) in [6.07, 6.45) is 6.89. The topological polar surface area (TPSA) is 78.5 Å². The molecule has 174 valence electrons. The minimum atomic E-state index is -0.544. The summed E-state index contributed by atoms with van der Waals surface area (Å²) in [5, 5.41) is 6.25. The summed E-state index contributed by atoms with van der Waals surface area (Å²) in [6.45, 7) is 3.85. The molecule has 6 nitrogen and oxygen atoms in total. The van der Waals surface area contributed by atoms with Gasteiger partial charge in [0.1, 0.15) is 12.1 Å². The summed E-state index contributed by atoms with van der Waals surface area (Å²) in [4.78, 5) is 41.3. The number of hydrogen-bond donors (Lipinski definition) is 2. The second kappa shape index (κ2) is 10.3. The smallest absolute Gasteiger partial charge is 0.246 e. The first-order chi connectivity index (χ1) is 15.5. The maximum Gasteiger partial charge on any atom is 0.246 e. The molecule has 2 heterocycles. The van der Waals surface area contributed by atoms with Crippen molar-refractivity contribution in [1.29, 1.82) is 0 Å². The zero-order valence-corrected chi connectivity index (χ0v) is 20.0. The van der Waals surface area contributed by atoms with Crippen LogP contribution in [0.3, 0.4) is 0 Å². The van der Waals surface area contributed by atoms with Crippen molar-refractivity contribution >= 4 is 29.5 Å². The van der Waals surface area contributed by atoms with Crippen LogP contribution < -0.4 is 10.6 Å². The summed E-state index contributed by atoms with van der Waals surface area (Å²) in [6, 6.07) is 7.32. The van der Waals surface area contributed by atoms with Gasteiger partial charge in [0, 0.05) is 5.92 Å². The Morgan fingerprint density at radius 1 is 1.09 bits per heavy atom. The maximum absolute atomic E-state index is 13.5. The molecule has 3 aliphatic rings. The fraction of sp³-hybridized carbons (Fsp3) is 0.640. The molecule has 2 fully saturated rings. The lowest BCUT2D eigenvalue weighted by molar-refractivity contribution is -0.146. The zero-order valence-electron chi connectivity index (χ0n) is 19.1. The summed E-state index contributed by atoms with van der Waals surface area (Å²) < 4.78 is 0.